The maximum absolute atomic E-state index is 11.1. The number of carboxylic acid groups (broad SMARTS) is 1. The van der Waals surface area contributed by atoms with Crippen LogP contribution in [0.4, 0.5) is 5.95 Å². The van der Waals surface area contributed by atoms with E-state index >= 15 is 0 Å². The van der Waals surface area contributed by atoms with E-state index in [4.69, 9.17) is 14.8 Å². The lowest BCUT2D eigenvalue weighted by atomic mass is 10.0. The molecule has 0 spiro atoms. The van der Waals surface area contributed by atoms with Gasteiger partial charge in [-0.1, -0.05) is 36.4 Å². The van der Waals surface area contributed by atoms with Gasteiger partial charge in [-0.25, -0.2) is 4.98 Å². The lowest BCUT2D eigenvalue weighted by Gasteiger charge is -2.45. The lowest BCUT2D eigenvalue weighted by molar-refractivity contribution is -0.136. The van der Waals surface area contributed by atoms with Gasteiger partial charge in [-0.05, 0) is 37.1 Å². The predicted octanol–water partition coefficient (Wildman–Crippen LogP) is 3.41. The number of methoxy groups -OCH3 is 1. The van der Waals surface area contributed by atoms with Gasteiger partial charge in [0, 0.05) is 45.4 Å². The Balaban J connectivity index is 1.53. The maximum atomic E-state index is 11.1. The summed E-state index contributed by atoms with van der Waals surface area (Å²) < 4.78 is 7.62. The molecule has 2 atom stereocenters. The van der Waals surface area contributed by atoms with E-state index in [-0.39, 0.29) is 6.42 Å². The number of aromatic nitrogens is 2. The van der Waals surface area contributed by atoms with Crippen molar-refractivity contribution in [1.29, 1.82) is 0 Å². The van der Waals surface area contributed by atoms with Crippen molar-refractivity contribution in [1.82, 2.24) is 14.5 Å². The highest BCUT2D eigenvalue weighted by Crippen LogP contribution is 2.27. The van der Waals surface area contributed by atoms with E-state index in [1.54, 1.807) is 7.11 Å². The molecule has 7 heteroatoms. The summed E-state index contributed by atoms with van der Waals surface area (Å²) in [4.78, 5) is 20.9. The van der Waals surface area contributed by atoms with Crippen molar-refractivity contribution in [2.24, 2.45) is 0 Å². The minimum atomic E-state index is -0.797. The Labute approximate surface area is 189 Å². The molecule has 0 saturated carbocycles. The number of imidazole rings is 1. The van der Waals surface area contributed by atoms with E-state index in [0.29, 0.717) is 18.7 Å². The van der Waals surface area contributed by atoms with Crippen molar-refractivity contribution >= 4 is 23.0 Å². The molecule has 1 aromatic heterocycles. The molecule has 1 saturated heterocycles. The molecule has 2 heterocycles. The Morgan fingerprint density at radius 3 is 2.53 bits per heavy atom. The van der Waals surface area contributed by atoms with Crippen LogP contribution in [0.1, 0.15) is 25.0 Å². The van der Waals surface area contributed by atoms with Gasteiger partial charge in [-0.2, -0.15) is 0 Å². The third-order valence-electron chi connectivity index (χ3n) is 6.25. The van der Waals surface area contributed by atoms with E-state index in [1.165, 1.54) is 0 Å². The Hall–Kier alpha value is -2.90. The molecule has 1 fully saturated rings. The minimum Gasteiger partial charge on any atom is -0.481 e. The zero-order chi connectivity index (χ0) is 22.7. The number of benzene rings is 2. The molecule has 0 radical (unpaired) electrons. The van der Waals surface area contributed by atoms with Gasteiger partial charge < -0.3 is 19.3 Å². The molecule has 0 bridgehead atoms. The van der Waals surface area contributed by atoms with E-state index < -0.39 is 5.97 Å². The van der Waals surface area contributed by atoms with Crippen LogP contribution in [0.25, 0.3) is 11.0 Å². The van der Waals surface area contributed by atoms with Crippen molar-refractivity contribution in [3.05, 3.63) is 59.7 Å². The number of carbonyl (C=O) groups is 1. The van der Waals surface area contributed by atoms with Crippen LogP contribution in [0.2, 0.25) is 0 Å². The largest absolute Gasteiger partial charge is 0.481 e. The van der Waals surface area contributed by atoms with Crippen molar-refractivity contribution in [2.45, 2.75) is 45.4 Å². The zero-order valence-electron chi connectivity index (χ0n) is 19.1. The standard InChI is InChI=1S/C25H32N4O3/c1-18-15-27(25-26-22-9-4-5-10-23(22)28(25)11-12-32-3)16-19(2)29(18)17-21-8-6-7-20(13-21)14-24(30)31/h4-10,13,18-19H,11-12,14-17H2,1-3H3,(H,30,31)/t18-,19+. The molecule has 7 nitrogen and oxygen atoms in total. The van der Waals surface area contributed by atoms with Crippen LogP contribution in [-0.2, 0) is 29.0 Å². The smallest absolute Gasteiger partial charge is 0.307 e. The average molecular weight is 437 g/mol. The summed E-state index contributed by atoms with van der Waals surface area (Å²) in [5, 5.41) is 9.10. The second kappa shape index (κ2) is 9.71. The first-order chi connectivity index (χ1) is 15.5. The SMILES string of the molecule is COCCn1c(N2C[C@@H](C)N(Cc3cccc(CC(=O)O)c3)[C@@H](C)C2)nc2ccccc21. The van der Waals surface area contributed by atoms with Crippen LogP contribution < -0.4 is 4.90 Å². The van der Waals surface area contributed by atoms with Crippen molar-refractivity contribution in [2.75, 3.05) is 31.7 Å². The van der Waals surface area contributed by atoms with Gasteiger partial charge in [-0.3, -0.25) is 9.69 Å². The number of nitrogens with zero attached hydrogens (tertiary/aromatic N) is 4. The molecule has 3 aromatic rings. The van der Waals surface area contributed by atoms with Crippen LogP contribution in [0.15, 0.2) is 48.5 Å². The monoisotopic (exact) mass is 436 g/mol. The van der Waals surface area contributed by atoms with Crippen molar-refractivity contribution in [3.8, 4) is 0 Å². The first-order valence-corrected chi connectivity index (χ1v) is 11.2. The molecule has 1 N–H and O–H groups in total. The second-order valence-electron chi connectivity index (χ2n) is 8.71. The predicted molar refractivity (Wildman–Crippen MR) is 126 cm³/mol. The highest BCUT2D eigenvalue weighted by molar-refractivity contribution is 5.79. The summed E-state index contributed by atoms with van der Waals surface area (Å²) in [7, 11) is 1.73. The molecule has 0 unspecified atom stereocenters. The molecule has 32 heavy (non-hydrogen) atoms. The summed E-state index contributed by atoms with van der Waals surface area (Å²) in [5.41, 5.74) is 4.15. The molecule has 0 aliphatic carbocycles. The third-order valence-corrected chi connectivity index (χ3v) is 6.25. The molecular weight excluding hydrogens is 404 g/mol. The molecule has 2 aromatic carbocycles. The Morgan fingerprint density at radius 2 is 1.81 bits per heavy atom. The third kappa shape index (κ3) is 4.79. The molecule has 170 valence electrons. The normalized spacial score (nSPS) is 19.5. The number of para-hydroxylation sites is 2. The van der Waals surface area contributed by atoms with Gasteiger partial charge in [0.2, 0.25) is 5.95 Å². The Bertz CT molecular complexity index is 1070. The zero-order valence-corrected chi connectivity index (χ0v) is 19.1. The topological polar surface area (TPSA) is 70.8 Å². The first kappa shape index (κ1) is 22.3. The molecular formula is C25H32N4O3. The summed E-state index contributed by atoms with van der Waals surface area (Å²) >= 11 is 0. The number of fused-ring (bicyclic) bond motifs is 1. The average Bonchev–Trinajstić information content (AvgIpc) is 3.13. The quantitative estimate of drug-likeness (QED) is 0.584. The van der Waals surface area contributed by atoms with Gasteiger partial charge in [0.15, 0.2) is 0 Å². The van der Waals surface area contributed by atoms with Crippen LogP contribution in [0, 0.1) is 0 Å². The summed E-state index contributed by atoms with van der Waals surface area (Å²) in [6.45, 7) is 8.50. The fourth-order valence-corrected chi connectivity index (χ4v) is 4.76. The van der Waals surface area contributed by atoms with E-state index in [2.05, 4.69) is 52.5 Å². The number of anilines is 1. The Morgan fingerprint density at radius 1 is 1.09 bits per heavy atom. The number of hydrogen-bond acceptors (Lipinski definition) is 5. The number of rotatable bonds is 8. The number of aliphatic carboxylic acids is 1. The van der Waals surface area contributed by atoms with Crippen LogP contribution in [0.3, 0.4) is 0 Å². The van der Waals surface area contributed by atoms with Gasteiger partial charge in [0.25, 0.3) is 0 Å². The molecule has 0 amide bonds. The fraction of sp³-hybridized carbons (Fsp3) is 0.440. The molecule has 1 aliphatic heterocycles. The number of hydrogen-bond donors (Lipinski definition) is 1. The summed E-state index contributed by atoms with van der Waals surface area (Å²) in [6, 6.07) is 16.9. The highest BCUT2D eigenvalue weighted by atomic mass is 16.5. The van der Waals surface area contributed by atoms with E-state index in [0.717, 1.165) is 54.3 Å². The first-order valence-electron chi connectivity index (χ1n) is 11.2. The second-order valence-corrected chi connectivity index (χ2v) is 8.71. The minimum absolute atomic E-state index is 0.0599. The van der Waals surface area contributed by atoms with Gasteiger partial charge >= 0.3 is 5.97 Å². The number of carboxylic acids is 1. The van der Waals surface area contributed by atoms with Crippen LogP contribution >= 0.6 is 0 Å². The number of ether oxygens (including phenoxy) is 1. The van der Waals surface area contributed by atoms with Gasteiger partial charge in [-0.15, -0.1) is 0 Å². The van der Waals surface area contributed by atoms with Crippen molar-refractivity contribution < 1.29 is 14.6 Å². The van der Waals surface area contributed by atoms with E-state index in [1.807, 2.05) is 24.3 Å². The van der Waals surface area contributed by atoms with E-state index in [9.17, 15) is 4.79 Å². The summed E-state index contributed by atoms with van der Waals surface area (Å²) in [6.07, 6.45) is 0.0599. The fourth-order valence-electron chi connectivity index (χ4n) is 4.76. The Kier molecular flexibility index (Phi) is 6.77. The van der Waals surface area contributed by atoms with Gasteiger partial charge in [0.1, 0.15) is 0 Å². The van der Waals surface area contributed by atoms with Crippen LogP contribution in [0.5, 0.6) is 0 Å². The van der Waals surface area contributed by atoms with Crippen LogP contribution in [-0.4, -0.2) is 64.4 Å². The maximum Gasteiger partial charge on any atom is 0.307 e. The number of piperazine rings is 1. The molecule has 1 aliphatic rings. The molecule has 4 rings (SSSR count). The van der Waals surface area contributed by atoms with Crippen molar-refractivity contribution in [3.63, 3.8) is 0 Å². The van der Waals surface area contributed by atoms with Gasteiger partial charge in [0.05, 0.1) is 24.1 Å². The highest BCUT2D eigenvalue weighted by Gasteiger charge is 2.31. The lowest BCUT2D eigenvalue weighted by Crippen LogP contribution is -2.56. The summed E-state index contributed by atoms with van der Waals surface area (Å²) in [5.74, 6) is 0.207.